The molecular weight excluding hydrogens is 258 g/mol. The fraction of sp³-hybridized carbons (Fsp3) is 0.611. The lowest BCUT2D eigenvalue weighted by Crippen LogP contribution is -2.50. The van der Waals surface area contributed by atoms with E-state index in [9.17, 15) is 5.26 Å². The Morgan fingerprint density at radius 3 is 2.29 bits per heavy atom. The maximum absolute atomic E-state index is 9.88. The summed E-state index contributed by atoms with van der Waals surface area (Å²) in [4.78, 5) is 2.47. The summed E-state index contributed by atoms with van der Waals surface area (Å²) in [6.45, 7) is 5.88. The molecule has 1 aromatic rings. The normalized spacial score (nSPS) is 20.0. The van der Waals surface area contributed by atoms with Crippen LogP contribution in [0.2, 0.25) is 0 Å². The molecule has 1 heterocycles. The molecule has 0 spiro atoms. The van der Waals surface area contributed by atoms with E-state index in [2.05, 4.69) is 35.3 Å². The molecule has 114 valence electrons. The van der Waals surface area contributed by atoms with Crippen molar-refractivity contribution < 1.29 is 0 Å². The monoisotopic (exact) mass is 285 g/mol. The quantitative estimate of drug-likeness (QED) is 0.902. The number of hydrogen-bond donors (Lipinski definition) is 1. The number of nitrogens with zero attached hydrogens (tertiary/aromatic N) is 2. The molecular formula is C18H27N3. The van der Waals surface area contributed by atoms with Gasteiger partial charge < -0.3 is 4.90 Å². The number of rotatable bonds is 5. The summed E-state index contributed by atoms with van der Waals surface area (Å²) >= 11 is 0. The zero-order chi connectivity index (χ0) is 15.0. The van der Waals surface area contributed by atoms with Crippen molar-refractivity contribution in [2.75, 3.05) is 26.2 Å². The highest BCUT2D eigenvalue weighted by Crippen LogP contribution is 2.23. The average Bonchev–Trinajstić information content (AvgIpc) is 2.50. The topological polar surface area (TPSA) is 39.1 Å². The zero-order valence-electron chi connectivity index (χ0n) is 13.1. The summed E-state index contributed by atoms with van der Waals surface area (Å²) < 4.78 is 0. The molecule has 21 heavy (non-hydrogen) atoms. The Balaban J connectivity index is 2.17. The van der Waals surface area contributed by atoms with Gasteiger partial charge in [0.25, 0.3) is 0 Å². The summed E-state index contributed by atoms with van der Waals surface area (Å²) in [5.41, 5.74) is 0.492. The maximum atomic E-state index is 9.88. The summed E-state index contributed by atoms with van der Waals surface area (Å²) in [5, 5.41) is 13.3. The smallest absolute Gasteiger partial charge is 0.145 e. The van der Waals surface area contributed by atoms with Crippen LogP contribution in [0.5, 0.6) is 0 Å². The van der Waals surface area contributed by atoms with Crippen molar-refractivity contribution in [2.45, 2.75) is 44.6 Å². The molecule has 1 aliphatic rings. The minimum atomic E-state index is -0.588. The molecule has 1 unspecified atom stereocenters. The molecule has 1 aliphatic heterocycles. The lowest BCUT2D eigenvalue weighted by atomic mass is 9.90. The first-order chi connectivity index (χ1) is 10.3. The van der Waals surface area contributed by atoms with Crippen molar-refractivity contribution in [3.63, 3.8) is 0 Å². The Hall–Kier alpha value is -1.37. The van der Waals surface area contributed by atoms with Crippen LogP contribution in [0, 0.1) is 11.3 Å². The van der Waals surface area contributed by atoms with E-state index in [0.29, 0.717) is 0 Å². The van der Waals surface area contributed by atoms with Crippen LogP contribution in [0.4, 0.5) is 0 Å². The van der Waals surface area contributed by atoms with E-state index in [1.165, 1.54) is 32.1 Å². The van der Waals surface area contributed by atoms with E-state index in [1.54, 1.807) is 0 Å². The molecule has 3 heteroatoms. The SMILES string of the molecule is CCNC(C#N)(CN1CCCCCCC1)c1ccccc1. The first kappa shape index (κ1) is 16.0. The van der Waals surface area contributed by atoms with Gasteiger partial charge in [0, 0.05) is 6.54 Å². The molecule has 1 N–H and O–H groups in total. The second-order valence-corrected chi connectivity index (χ2v) is 5.96. The molecule has 1 saturated heterocycles. The van der Waals surface area contributed by atoms with E-state index < -0.39 is 5.54 Å². The molecule has 2 rings (SSSR count). The standard InChI is InChI=1S/C18H27N3/c1-2-20-18(15-19,17-11-7-6-8-12-17)16-21-13-9-4-3-5-10-14-21/h6-8,11-12,20H,2-5,9-10,13-14,16H2,1H3. The van der Waals surface area contributed by atoms with Crippen molar-refractivity contribution >= 4 is 0 Å². The van der Waals surface area contributed by atoms with Gasteiger partial charge in [-0.15, -0.1) is 0 Å². The third-order valence-corrected chi connectivity index (χ3v) is 4.35. The Morgan fingerprint density at radius 1 is 1.10 bits per heavy atom. The number of benzene rings is 1. The van der Waals surface area contributed by atoms with E-state index in [4.69, 9.17) is 0 Å². The Bertz CT molecular complexity index is 443. The van der Waals surface area contributed by atoms with Crippen molar-refractivity contribution in [1.82, 2.24) is 10.2 Å². The highest BCUT2D eigenvalue weighted by atomic mass is 15.2. The molecule has 0 saturated carbocycles. The Kier molecular flexibility index (Phi) is 6.22. The third kappa shape index (κ3) is 4.30. The summed E-state index contributed by atoms with van der Waals surface area (Å²) in [7, 11) is 0. The lowest BCUT2D eigenvalue weighted by molar-refractivity contribution is 0.196. The second kappa shape index (κ2) is 8.17. The number of nitrogens with one attached hydrogen (secondary N) is 1. The predicted octanol–water partition coefficient (Wildman–Crippen LogP) is 3.28. The molecule has 0 radical (unpaired) electrons. The van der Waals surface area contributed by atoms with Crippen LogP contribution in [-0.4, -0.2) is 31.1 Å². The molecule has 3 nitrogen and oxygen atoms in total. The van der Waals surface area contributed by atoms with E-state index in [0.717, 1.165) is 31.7 Å². The zero-order valence-corrected chi connectivity index (χ0v) is 13.1. The van der Waals surface area contributed by atoms with Crippen molar-refractivity contribution in [1.29, 1.82) is 5.26 Å². The van der Waals surface area contributed by atoms with Gasteiger partial charge in [-0.2, -0.15) is 5.26 Å². The fourth-order valence-corrected chi connectivity index (χ4v) is 3.22. The maximum Gasteiger partial charge on any atom is 0.145 e. The van der Waals surface area contributed by atoms with Crippen LogP contribution >= 0.6 is 0 Å². The molecule has 0 aromatic heterocycles. The van der Waals surface area contributed by atoms with Gasteiger partial charge in [-0.25, -0.2) is 0 Å². The van der Waals surface area contributed by atoms with Crippen LogP contribution in [0.3, 0.4) is 0 Å². The minimum absolute atomic E-state index is 0.588. The van der Waals surface area contributed by atoms with Crippen LogP contribution in [0.1, 0.15) is 44.6 Å². The average molecular weight is 285 g/mol. The van der Waals surface area contributed by atoms with Crippen LogP contribution in [0.15, 0.2) is 30.3 Å². The molecule has 0 bridgehead atoms. The van der Waals surface area contributed by atoms with Crippen LogP contribution in [-0.2, 0) is 5.54 Å². The van der Waals surface area contributed by atoms with Crippen molar-refractivity contribution in [2.24, 2.45) is 0 Å². The molecule has 1 atom stereocenters. The van der Waals surface area contributed by atoms with Gasteiger partial charge in [0.2, 0.25) is 0 Å². The minimum Gasteiger partial charge on any atom is -0.300 e. The number of likely N-dealkylation sites (tertiary alicyclic amines) is 1. The van der Waals surface area contributed by atoms with Crippen molar-refractivity contribution in [3.8, 4) is 6.07 Å². The summed E-state index contributed by atoms with van der Waals surface area (Å²) in [6, 6.07) is 12.7. The molecule has 1 aromatic carbocycles. The van der Waals surface area contributed by atoms with Gasteiger partial charge in [-0.3, -0.25) is 5.32 Å². The lowest BCUT2D eigenvalue weighted by Gasteiger charge is -2.35. The van der Waals surface area contributed by atoms with Gasteiger partial charge in [0.05, 0.1) is 6.07 Å². The number of nitriles is 1. The summed E-state index contributed by atoms with van der Waals surface area (Å²) in [5.74, 6) is 0. The van der Waals surface area contributed by atoms with Crippen LogP contribution in [0.25, 0.3) is 0 Å². The third-order valence-electron chi connectivity index (χ3n) is 4.35. The van der Waals surface area contributed by atoms with E-state index in [-0.39, 0.29) is 0 Å². The van der Waals surface area contributed by atoms with Gasteiger partial charge in [-0.1, -0.05) is 56.5 Å². The Morgan fingerprint density at radius 2 is 1.71 bits per heavy atom. The first-order valence-corrected chi connectivity index (χ1v) is 8.25. The summed E-state index contributed by atoms with van der Waals surface area (Å²) in [6.07, 6.45) is 6.51. The first-order valence-electron chi connectivity index (χ1n) is 8.25. The molecule has 0 amide bonds. The van der Waals surface area contributed by atoms with Gasteiger partial charge in [-0.05, 0) is 38.0 Å². The highest BCUT2D eigenvalue weighted by Gasteiger charge is 2.33. The van der Waals surface area contributed by atoms with Crippen LogP contribution < -0.4 is 5.32 Å². The van der Waals surface area contributed by atoms with E-state index >= 15 is 0 Å². The van der Waals surface area contributed by atoms with Gasteiger partial charge >= 0.3 is 0 Å². The van der Waals surface area contributed by atoms with Gasteiger partial charge in [0.1, 0.15) is 5.54 Å². The Labute approximate surface area is 129 Å². The second-order valence-electron chi connectivity index (χ2n) is 5.96. The van der Waals surface area contributed by atoms with Gasteiger partial charge in [0.15, 0.2) is 0 Å². The fourth-order valence-electron chi connectivity index (χ4n) is 3.22. The van der Waals surface area contributed by atoms with Crippen molar-refractivity contribution in [3.05, 3.63) is 35.9 Å². The predicted molar refractivity (Wildman–Crippen MR) is 86.9 cm³/mol. The largest absolute Gasteiger partial charge is 0.300 e. The number of likely N-dealkylation sites (N-methyl/N-ethyl adjacent to an activating group) is 1. The van der Waals surface area contributed by atoms with E-state index in [1.807, 2.05) is 18.2 Å². The highest BCUT2D eigenvalue weighted by molar-refractivity contribution is 5.32. The number of hydrogen-bond acceptors (Lipinski definition) is 3. The molecule has 0 aliphatic carbocycles. The molecule has 1 fully saturated rings.